The number of benzene rings is 1. The first-order valence-electron chi connectivity index (χ1n) is 5.83. The fourth-order valence-corrected chi connectivity index (χ4v) is 2.01. The van der Waals surface area contributed by atoms with Crippen LogP contribution in [0, 0.1) is 20.8 Å². The summed E-state index contributed by atoms with van der Waals surface area (Å²) in [6.07, 6.45) is 0. The molecule has 0 aliphatic heterocycles. The molecule has 0 radical (unpaired) electrons. The summed E-state index contributed by atoms with van der Waals surface area (Å²) in [4.78, 5) is 4.37. The summed E-state index contributed by atoms with van der Waals surface area (Å²) in [6.45, 7) is 6.08. The molecular weight excluding hydrogens is 208 g/mol. The number of pyridine rings is 1. The van der Waals surface area contributed by atoms with Crippen LogP contribution in [0.3, 0.4) is 0 Å². The van der Waals surface area contributed by atoms with Gasteiger partial charge in [-0.3, -0.25) is 4.98 Å². The van der Waals surface area contributed by atoms with Crippen LogP contribution in [0.15, 0.2) is 36.4 Å². The van der Waals surface area contributed by atoms with E-state index in [0.717, 1.165) is 22.5 Å². The maximum absolute atomic E-state index is 6.28. The molecule has 2 aromatic rings. The highest BCUT2D eigenvalue weighted by atomic mass is 14.7. The largest absolute Gasteiger partial charge is 0.320 e. The van der Waals surface area contributed by atoms with E-state index in [-0.39, 0.29) is 6.04 Å². The van der Waals surface area contributed by atoms with Crippen molar-refractivity contribution in [2.75, 3.05) is 0 Å². The van der Waals surface area contributed by atoms with Gasteiger partial charge in [0, 0.05) is 11.4 Å². The molecule has 0 aliphatic rings. The molecule has 0 amide bonds. The Kier molecular flexibility index (Phi) is 3.25. The quantitative estimate of drug-likeness (QED) is 0.854. The Labute approximate surface area is 103 Å². The predicted octanol–water partition coefficient (Wildman–Crippen LogP) is 3.05. The molecule has 2 N–H and O–H groups in total. The normalized spacial score (nSPS) is 12.5. The van der Waals surface area contributed by atoms with Crippen LogP contribution >= 0.6 is 0 Å². The van der Waals surface area contributed by atoms with Crippen molar-refractivity contribution in [1.29, 1.82) is 0 Å². The van der Waals surface area contributed by atoms with Gasteiger partial charge < -0.3 is 5.73 Å². The second-order valence-corrected chi connectivity index (χ2v) is 4.57. The zero-order valence-electron chi connectivity index (χ0n) is 10.6. The van der Waals surface area contributed by atoms with Gasteiger partial charge in [-0.1, -0.05) is 29.8 Å². The van der Waals surface area contributed by atoms with Crippen molar-refractivity contribution in [3.63, 3.8) is 0 Å². The molecule has 1 atom stereocenters. The fraction of sp³-hybridized carbons (Fsp3) is 0.267. The molecule has 2 nitrogen and oxygen atoms in total. The van der Waals surface area contributed by atoms with Crippen LogP contribution in [-0.4, -0.2) is 4.98 Å². The Morgan fingerprint density at radius 2 is 1.41 bits per heavy atom. The molecule has 0 saturated carbocycles. The lowest BCUT2D eigenvalue weighted by molar-refractivity contribution is 0.859. The lowest BCUT2D eigenvalue weighted by Gasteiger charge is -2.14. The highest BCUT2D eigenvalue weighted by Gasteiger charge is 2.09. The number of hydrogen-bond acceptors (Lipinski definition) is 2. The highest BCUT2D eigenvalue weighted by Crippen LogP contribution is 2.20. The Balaban J connectivity index is 2.36. The van der Waals surface area contributed by atoms with Gasteiger partial charge in [0.1, 0.15) is 0 Å². The molecule has 1 aromatic heterocycles. The minimum Gasteiger partial charge on any atom is -0.320 e. The van der Waals surface area contributed by atoms with Gasteiger partial charge in [-0.05, 0) is 44.0 Å². The van der Waals surface area contributed by atoms with Crippen molar-refractivity contribution in [2.24, 2.45) is 5.73 Å². The van der Waals surface area contributed by atoms with E-state index in [1.165, 1.54) is 5.56 Å². The highest BCUT2D eigenvalue weighted by molar-refractivity contribution is 5.34. The average Bonchev–Trinajstić information content (AvgIpc) is 2.28. The van der Waals surface area contributed by atoms with Crippen molar-refractivity contribution in [3.8, 4) is 0 Å². The first-order valence-corrected chi connectivity index (χ1v) is 5.83. The van der Waals surface area contributed by atoms with E-state index < -0.39 is 0 Å². The van der Waals surface area contributed by atoms with Crippen molar-refractivity contribution in [1.82, 2.24) is 4.98 Å². The van der Waals surface area contributed by atoms with E-state index >= 15 is 0 Å². The summed E-state index contributed by atoms with van der Waals surface area (Å²) in [5, 5.41) is 0. The first kappa shape index (κ1) is 11.8. The third-order valence-electron chi connectivity index (χ3n) is 2.90. The first-order chi connectivity index (χ1) is 8.06. The summed E-state index contributed by atoms with van der Waals surface area (Å²) in [5.74, 6) is 0. The molecule has 0 bridgehead atoms. The van der Waals surface area contributed by atoms with E-state index in [1.54, 1.807) is 0 Å². The second kappa shape index (κ2) is 4.68. The van der Waals surface area contributed by atoms with Gasteiger partial charge in [-0.25, -0.2) is 0 Å². The van der Waals surface area contributed by atoms with E-state index in [1.807, 2.05) is 13.8 Å². The zero-order valence-corrected chi connectivity index (χ0v) is 10.6. The molecule has 2 heteroatoms. The molecule has 1 unspecified atom stereocenters. The van der Waals surface area contributed by atoms with E-state index in [0.29, 0.717) is 0 Å². The Morgan fingerprint density at radius 1 is 0.882 bits per heavy atom. The SMILES string of the molecule is Cc1ccc(C(N)c2cc(C)nc(C)c2)cc1. The molecule has 2 rings (SSSR count). The van der Waals surface area contributed by atoms with Crippen LogP contribution in [0.5, 0.6) is 0 Å². The molecule has 0 fully saturated rings. The number of nitrogens with two attached hydrogens (primary N) is 1. The molecule has 1 heterocycles. The Morgan fingerprint density at radius 3 is 1.94 bits per heavy atom. The minimum atomic E-state index is -0.0731. The van der Waals surface area contributed by atoms with Gasteiger partial charge in [0.05, 0.1) is 6.04 Å². The Bertz CT molecular complexity index is 495. The van der Waals surface area contributed by atoms with Gasteiger partial charge in [-0.15, -0.1) is 0 Å². The molecule has 0 spiro atoms. The average molecular weight is 226 g/mol. The number of nitrogens with zero attached hydrogens (tertiary/aromatic N) is 1. The summed E-state index contributed by atoms with van der Waals surface area (Å²) in [6, 6.07) is 12.4. The van der Waals surface area contributed by atoms with E-state index in [4.69, 9.17) is 5.73 Å². The third kappa shape index (κ3) is 2.71. The van der Waals surface area contributed by atoms with Crippen molar-refractivity contribution < 1.29 is 0 Å². The van der Waals surface area contributed by atoms with Gasteiger partial charge in [0.25, 0.3) is 0 Å². The van der Waals surface area contributed by atoms with Crippen LogP contribution < -0.4 is 5.73 Å². The summed E-state index contributed by atoms with van der Waals surface area (Å²) in [5.41, 5.74) is 11.8. The van der Waals surface area contributed by atoms with E-state index in [9.17, 15) is 0 Å². The van der Waals surface area contributed by atoms with Crippen LogP contribution in [-0.2, 0) is 0 Å². The second-order valence-electron chi connectivity index (χ2n) is 4.57. The van der Waals surface area contributed by atoms with Crippen LogP contribution in [0.4, 0.5) is 0 Å². The number of aromatic nitrogens is 1. The van der Waals surface area contributed by atoms with Crippen LogP contribution in [0.1, 0.15) is 34.1 Å². The number of rotatable bonds is 2. The van der Waals surface area contributed by atoms with Gasteiger partial charge >= 0.3 is 0 Å². The van der Waals surface area contributed by atoms with Crippen LogP contribution in [0.25, 0.3) is 0 Å². The summed E-state index contributed by atoms with van der Waals surface area (Å²) in [7, 11) is 0. The predicted molar refractivity (Wildman–Crippen MR) is 70.9 cm³/mol. The molecule has 1 aromatic carbocycles. The minimum absolute atomic E-state index is 0.0731. The topological polar surface area (TPSA) is 38.9 Å². The molecule has 0 saturated heterocycles. The summed E-state index contributed by atoms with van der Waals surface area (Å²) < 4.78 is 0. The molecule has 17 heavy (non-hydrogen) atoms. The van der Waals surface area contributed by atoms with Gasteiger partial charge in [-0.2, -0.15) is 0 Å². The molecule has 88 valence electrons. The maximum Gasteiger partial charge on any atom is 0.0552 e. The van der Waals surface area contributed by atoms with Gasteiger partial charge in [0.15, 0.2) is 0 Å². The lowest BCUT2D eigenvalue weighted by atomic mass is 9.98. The Hall–Kier alpha value is -1.67. The summed E-state index contributed by atoms with van der Waals surface area (Å²) >= 11 is 0. The lowest BCUT2D eigenvalue weighted by Crippen LogP contribution is -2.12. The van der Waals surface area contributed by atoms with E-state index in [2.05, 4.69) is 48.3 Å². The number of aryl methyl sites for hydroxylation is 3. The smallest absolute Gasteiger partial charge is 0.0552 e. The third-order valence-corrected chi connectivity index (χ3v) is 2.90. The van der Waals surface area contributed by atoms with Crippen molar-refractivity contribution in [2.45, 2.75) is 26.8 Å². The fourth-order valence-electron chi connectivity index (χ4n) is 2.01. The standard InChI is InChI=1S/C15H18N2/c1-10-4-6-13(7-5-10)15(16)14-8-11(2)17-12(3)9-14/h4-9,15H,16H2,1-3H3. The monoisotopic (exact) mass is 226 g/mol. The van der Waals surface area contributed by atoms with Crippen molar-refractivity contribution in [3.05, 3.63) is 64.5 Å². The zero-order chi connectivity index (χ0) is 12.4. The number of hydrogen-bond donors (Lipinski definition) is 1. The van der Waals surface area contributed by atoms with Crippen molar-refractivity contribution >= 4 is 0 Å². The maximum atomic E-state index is 6.28. The molecule has 0 aliphatic carbocycles. The van der Waals surface area contributed by atoms with Crippen LogP contribution in [0.2, 0.25) is 0 Å². The molecular formula is C15H18N2. The van der Waals surface area contributed by atoms with Gasteiger partial charge in [0.2, 0.25) is 0 Å².